The average molecular weight is 491 g/mol. The van der Waals surface area contributed by atoms with E-state index in [4.69, 9.17) is 14.6 Å². The van der Waals surface area contributed by atoms with Crippen molar-refractivity contribution in [3.8, 4) is 17.6 Å². The Bertz CT molecular complexity index is 1300. The summed E-state index contributed by atoms with van der Waals surface area (Å²) in [7, 11) is 3.34. The molecule has 3 N–H and O–H groups in total. The van der Waals surface area contributed by atoms with E-state index in [2.05, 4.69) is 27.6 Å². The van der Waals surface area contributed by atoms with Crippen molar-refractivity contribution in [3.63, 3.8) is 0 Å². The lowest BCUT2D eigenvalue weighted by atomic mass is 10.1. The summed E-state index contributed by atoms with van der Waals surface area (Å²) >= 11 is 0. The smallest absolute Gasteiger partial charge is 0.312 e. The number of hydrogen-bond donors (Lipinski definition) is 3. The Balaban J connectivity index is 1.81. The zero-order valence-electron chi connectivity index (χ0n) is 20.1. The Morgan fingerprint density at radius 2 is 1.78 bits per heavy atom. The van der Waals surface area contributed by atoms with Gasteiger partial charge in [0.15, 0.2) is 5.82 Å². The maximum absolute atomic E-state index is 12.8. The second-order valence-corrected chi connectivity index (χ2v) is 7.90. The quantitative estimate of drug-likeness (QED) is 0.310. The summed E-state index contributed by atoms with van der Waals surface area (Å²) in [5.74, 6) is 4.76. The number of ether oxygens (including phenoxy) is 2. The van der Waals surface area contributed by atoms with Gasteiger partial charge in [0.25, 0.3) is 5.91 Å². The Kier molecular flexibility index (Phi) is 8.80. The maximum atomic E-state index is 12.8. The van der Waals surface area contributed by atoms with Gasteiger partial charge in [-0.2, -0.15) is 5.10 Å². The van der Waals surface area contributed by atoms with E-state index < -0.39 is 18.3 Å². The van der Waals surface area contributed by atoms with Crippen LogP contribution in [-0.4, -0.2) is 52.5 Å². The van der Waals surface area contributed by atoms with Crippen molar-refractivity contribution < 1.29 is 29.0 Å². The van der Waals surface area contributed by atoms with Gasteiger partial charge in [0.1, 0.15) is 18.3 Å². The molecule has 186 valence electrons. The number of rotatable bonds is 9. The molecule has 1 heterocycles. The predicted octanol–water partition coefficient (Wildman–Crippen LogP) is 2.90. The van der Waals surface area contributed by atoms with Crippen LogP contribution in [0.2, 0.25) is 0 Å². The second kappa shape index (κ2) is 12.2. The van der Waals surface area contributed by atoms with Gasteiger partial charge in [-0.3, -0.25) is 19.1 Å². The summed E-state index contributed by atoms with van der Waals surface area (Å²) in [4.78, 5) is 35.1. The fourth-order valence-electron chi connectivity index (χ4n) is 3.17. The first kappa shape index (κ1) is 26.0. The molecule has 1 aromatic heterocycles. The van der Waals surface area contributed by atoms with Gasteiger partial charge in [-0.05, 0) is 49.4 Å². The lowest BCUT2D eigenvalue weighted by Crippen LogP contribution is -2.19. The van der Waals surface area contributed by atoms with Gasteiger partial charge in [0, 0.05) is 48.8 Å². The third-order valence-corrected chi connectivity index (χ3v) is 4.69. The number of nitrogens with zero attached hydrogens (tertiary/aromatic N) is 2. The highest BCUT2D eigenvalue weighted by atomic mass is 16.5. The molecule has 0 spiro atoms. The summed E-state index contributed by atoms with van der Waals surface area (Å²) in [6.45, 7) is 2.23. The Morgan fingerprint density at radius 1 is 1.06 bits per heavy atom. The number of carbonyl (C=O) groups is 3. The van der Waals surface area contributed by atoms with Crippen LogP contribution in [0.1, 0.15) is 34.8 Å². The minimum absolute atomic E-state index is 0.242. The predicted molar refractivity (Wildman–Crippen MR) is 133 cm³/mol. The summed E-state index contributed by atoms with van der Waals surface area (Å²) in [5.41, 5.74) is 2.03. The Morgan fingerprint density at radius 3 is 2.42 bits per heavy atom. The van der Waals surface area contributed by atoms with Crippen LogP contribution in [0.5, 0.6) is 5.75 Å². The van der Waals surface area contributed by atoms with Crippen molar-refractivity contribution in [1.82, 2.24) is 9.78 Å². The number of carboxylic acid groups (broad SMARTS) is 1. The highest BCUT2D eigenvalue weighted by Gasteiger charge is 2.13. The topological polar surface area (TPSA) is 132 Å². The molecule has 0 aliphatic rings. The van der Waals surface area contributed by atoms with Crippen molar-refractivity contribution in [2.45, 2.75) is 19.4 Å². The molecule has 0 saturated carbocycles. The number of aromatic nitrogens is 2. The molecular formula is C26H26N4O6. The number of aryl methyl sites for hydroxylation is 1. The van der Waals surface area contributed by atoms with Crippen LogP contribution < -0.4 is 15.4 Å². The molecule has 2 aromatic carbocycles. The number of anilines is 2. The number of amides is 2. The van der Waals surface area contributed by atoms with Gasteiger partial charge in [-0.25, -0.2) is 0 Å². The summed E-state index contributed by atoms with van der Waals surface area (Å²) < 4.78 is 12.6. The van der Waals surface area contributed by atoms with Crippen LogP contribution >= 0.6 is 0 Å². The largest absolute Gasteiger partial charge is 0.488 e. The highest BCUT2D eigenvalue weighted by molar-refractivity contribution is 6.04. The van der Waals surface area contributed by atoms with Crippen LogP contribution in [0.15, 0.2) is 54.7 Å². The zero-order chi connectivity index (χ0) is 26.1. The molecule has 0 aliphatic carbocycles. The molecular weight excluding hydrogens is 464 g/mol. The fraction of sp³-hybridized carbons (Fsp3) is 0.231. The molecule has 0 saturated heterocycles. The molecule has 10 heteroatoms. The maximum Gasteiger partial charge on any atom is 0.312 e. The molecule has 3 aromatic rings. The molecule has 0 aliphatic heterocycles. The van der Waals surface area contributed by atoms with Crippen molar-refractivity contribution in [2.75, 3.05) is 24.4 Å². The van der Waals surface area contributed by atoms with E-state index in [-0.39, 0.29) is 12.0 Å². The average Bonchev–Trinajstić information content (AvgIpc) is 3.22. The third kappa shape index (κ3) is 8.00. The summed E-state index contributed by atoms with van der Waals surface area (Å²) in [5, 5.41) is 18.1. The van der Waals surface area contributed by atoms with Gasteiger partial charge in [-0.1, -0.05) is 11.8 Å². The van der Waals surface area contributed by atoms with Gasteiger partial charge in [0.2, 0.25) is 5.91 Å². The number of carboxylic acids is 1. The number of carbonyl (C=O) groups excluding carboxylic acids is 2. The SMILES string of the molecule is COC[C@H](C)Oc1cc(C#Cc2ccc(NC(=O)CC(=O)O)cc2)cc(C(=O)Nc2ccn(C)n2)c1. The third-order valence-electron chi connectivity index (χ3n) is 4.69. The van der Waals surface area contributed by atoms with Crippen molar-refractivity contribution >= 4 is 29.3 Å². The van der Waals surface area contributed by atoms with Crippen LogP contribution in [-0.2, 0) is 21.4 Å². The molecule has 1 atom stereocenters. The van der Waals surface area contributed by atoms with Crippen molar-refractivity contribution in [3.05, 3.63) is 71.4 Å². The number of hydrogen-bond acceptors (Lipinski definition) is 6. The highest BCUT2D eigenvalue weighted by Crippen LogP contribution is 2.20. The van der Waals surface area contributed by atoms with Gasteiger partial charge in [-0.15, -0.1) is 0 Å². The lowest BCUT2D eigenvalue weighted by Gasteiger charge is -2.15. The van der Waals surface area contributed by atoms with E-state index >= 15 is 0 Å². The van der Waals surface area contributed by atoms with Gasteiger partial charge < -0.3 is 25.2 Å². The van der Waals surface area contributed by atoms with Crippen LogP contribution in [0.3, 0.4) is 0 Å². The van der Waals surface area contributed by atoms with Crippen LogP contribution in [0.4, 0.5) is 11.5 Å². The normalized spacial score (nSPS) is 11.1. The minimum atomic E-state index is -1.20. The van der Waals surface area contributed by atoms with Crippen LogP contribution in [0, 0.1) is 11.8 Å². The van der Waals surface area contributed by atoms with Crippen molar-refractivity contribution in [1.29, 1.82) is 0 Å². The first-order chi connectivity index (χ1) is 17.2. The number of methoxy groups -OCH3 is 1. The number of nitrogens with one attached hydrogen (secondary N) is 2. The molecule has 0 unspecified atom stereocenters. The zero-order valence-corrected chi connectivity index (χ0v) is 20.1. The molecule has 2 amide bonds. The van der Waals surface area contributed by atoms with Crippen LogP contribution in [0.25, 0.3) is 0 Å². The molecule has 0 radical (unpaired) electrons. The Labute approximate surface area is 208 Å². The van der Waals surface area contributed by atoms with Gasteiger partial charge >= 0.3 is 5.97 Å². The first-order valence-electron chi connectivity index (χ1n) is 11.0. The van der Waals surface area contributed by atoms with E-state index in [1.54, 1.807) is 73.6 Å². The minimum Gasteiger partial charge on any atom is -0.488 e. The van der Waals surface area contributed by atoms with E-state index in [9.17, 15) is 14.4 Å². The van der Waals surface area contributed by atoms with E-state index in [0.29, 0.717) is 40.6 Å². The van der Waals surface area contributed by atoms with Gasteiger partial charge in [0.05, 0.1) is 6.61 Å². The van der Waals surface area contributed by atoms with E-state index in [1.165, 1.54) is 0 Å². The number of aliphatic carboxylic acids is 1. The van der Waals surface area contributed by atoms with E-state index in [0.717, 1.165) is 0 Å². The standard InChI is InChI=1S/C26H26N4O6/c1-17(16-35-3)36-22-13-19(12-20(14-22)26(34)28-23-10-11-30(2)29-23)5-4-18-6-8-21(9-7-18)27-24(31)15-25(32)33/h6-14,17H,15-16H2,1-3H3,(H,27,31)(H,32,33)(H,28,29,34)/t17-/m0/s1. The summed E-state index contributed by atoms with van der Waals surface area (Å²) in [6, 6.07) is 13.3. The number of benzene rings is 2. The molecule has 0 fully saturated rings. The van der Waals surface area contributed by atoms with Crippen molar-refractivity contribution in [2.24, 2.45) is 7.05 Å². The van der Waals surface area contributed by atoms with E-state index in [1.807, 2.05) is 6.92 Å². The Hall–Kier alpha value is -4.62. The molecule has 3 rings (SSSR count). The second-order valence-electron chi connectivity index (χ2n) is 7.90. The lowest BCUT2D eigenvalue weighted by molar-refractivity contribution is -0.139. The molecule has 36 heavy (non-hydrogen) atoms. The fourth-order valence-corrected chi connectivity index (χ4v) is 3.17. The molecule has 10 nitrogen and oxygen atoms in total. The summed E-state index contributed by atoms with van der Waals surface area (Å²) in [6.07, 6.45) is 0.870. The first-order valence-corrected chi connectivity index (χ1v) is 11.0. The monoisotopic (exact) mass is 490 g/mol. The molecule has 0 bridgehead atoms.